The Labute approximate surface area is 132 Å². The average molecular weight is 305 g/mol. The molecule has 0 radical (unpaired) electrons. The average Bonchev–Trinajstić information content (AvgIpc) is 3.30. The molecule has 0 spiro atoms. The minimum atomic E-state index is -0.0267. The highest BCUT2D eigenvalue weighted by Crippen LogP contribution is 2.28. The normalized spacial score (nSPS) is 13.8. The zero-order valence-corrected chi connectivity index (χ0v) is 13.8. The van der Waals surface area contributed by atoms with Gasteiger partial charge < -0.3 is 20.2 Å². The second kappa shape index (κ2) is 7.49. The van der Waals surface area contributed by atoms with Crippen LogP contribution in [-0.4, -0.2) is 49.3 Å². The van der Waals surface area contributed by atoms with Gasteiger partial charge in [0.05, 0.1) is 0 Å². The van der Waals surface area contributed by atoms with Gasteiger partial charge in [0.15, 0.2) is 0 Å². The number of hydrogen-bond donors (Lipinski definition) is 2. The van der Waals surface area contributed by atoms with E-state index in [1.54, 1.807) is 0 Å². The summed E-state index contributed by atoms with van der Waals surface area (Å²) in [7, 11) is 4.01. The first-order chi connectivity index (χ1) is 10.5. The molecular weight excluding hydrogens is 278 g/mol. The summed E-state index contributed by atoms with van der Waals surface area (Å²) in [6.07, 6.45) is 3.77. The molecule has 1 aliphatic rings. The summed E-state index contributed by atoms with van der Waals surface area (Å²) in [4.78, 5) is 16.5. The molecule has 0 saturated heterocycles. The van der Waals surface area contributed by atoms with Gasteiger partial charge in [-0.05, 0) is 56.4 Å². The lowest BCUT2D eigenvalue weighted by atomic mass is 10.1. The minimum Gasteiger partial charge on any atom is -0.396 e. The van der Waals surface area contributed by atoms with E-state index in [0.29, 0.717) is 12.6 Å². The maximum absolute atomic E-state index is 12.5. The highest BCUT2D eigenvalue weighted by molar-refractivity contribution is 5.90. The maximum atomic E-state index is 12.5. The van der Waals surface area contributed by atoms with Gasteiger partial charge in [-0.15, -0.1) is 0 Å². The molecule has 0 aliphatic heterocycles. The smallest absolute Gasteiger partial charge is 0.322 e. The predicted molar refractivity (Wildman–Crippen MR) is 90.6 cm³/mol. The third-order valence-corrected chi connectivity index (χ3v) is 4.02. The Morgan fingerprint density at radius 2 is 2.05 bits per heavy atom. The largest absolute Gasteiger partial charge is 0.396 e. The fraction of sp³-hybridized carbons (Fsp3) is 0.588. The van der Waals surface area contributed by atoms with Crippen LogP contribution >= 0.6 is 0 Å². The van der Waals surface area contributed by atoms with Gasteiger partial charge in [-0.1, -0.05) is 0 Å². The van der Waals surface area contributed by atoms with Crippen LogP contribution in [0.5, 0.6) is 0 Å². The van der Waals surface area contributed by atoms with E-state index in [1.807, 2.05) is 43.0 Å². The van der Waals surface area contributed by atoms with E-state index >= 15 is 0 Å². The van der Waals surface area contributed by atoms with Crippen LogP contribution in [0.25, 0.3) is 0 Å². The molecule has 22 heavy (non-hydrogen) atoms. The van der Waals surface area contributed by atoms with Crippen LogP contribution in [0.4, 0.5) is 16.2 Å². The standard InChI is InChI=1S/C17H27N3O2/c1-13-12-15(19(2)3)8-9-16(13)18-17(22)20(14-6-7-14)10-4-5-11-21/h8-9,12,14,21H,4-7,10-11H2,1-3H3,(H,18,22). The van der Waals surface area contributed by atoms with Crippen molar-refractivity contribution in [3.63, 3.8) is 0 Å². The Morgan fingerprint density at radius 3 is 2.59 bits per heavy atom. The second-order valence-electron chi connectivity index (χ2n) is 6.18. The van der Waals surface area contributed by atoms with E-state index in [0.717, 1.165) is 42.6 Å². The van der Waals surface area contributed by atoms with E-state index in [4.69, 9.17) is 5.11 Å². The Morgan fingerprint density at radius 1 is 1.32 bits per heavy atom. The summed E-state index contributed by atoms with van der Waals surface area (Å²) in [6.45, 7) is 2.91. The number of nitrogens with zero attached hydrogens (tertiary/aromatic N) is 2. The second-order valence-corrected chi connectivity index (χ2v) is 6.18. The molecule has 2 rings (SSSR count). The summed E-state index contributed by atoms with van der Waals surface area (Å²) in [5, 5.41) is 11.9. The van der Waals surface area contributed by atoms with Crippen LogP contribution in [0.3, 0.4) is 0 Å². The van der Waals surface area contributed by atoms with Gasteiger partial charge >= 0.3 is 6.03 Å². The summed E-state index contributed by atoms with van der Waals surface area (Å²) in [6, 6.07) is 6.39. The molecule has 1 aliphatic carbocycles. The Balaban J connectivity index is 2.00. The van der Waals surface area contributed by atoms with E-state index in [-0.39, 0.29) is 12.6 Å². The van der Waals surface area contributed by atoms with E-state index in [2.05, 4.69) is 11.4 Å². The van der Waals surface area contributed by atoms with Crippen molar-refractivity contribution in [1.82, 2.24) is 4.90 Å². The number of amides is 2. The molecule has 0 aromatic heterocycles. The summed E-state index contributed by atoms with van der Waals surface area (Å²) in [5.41, 5.74) is 3.05. The number of unbranched alkanes of at least 4 members (excludes halogenated alkanes) is 1. The maximum Gasteiger partial charge on any atom is 0.322 e. The Bertz CT molecular complexity index is 513. The zero-order chi connectivity index (χ0) is 16.1. The van der Waals surface area contributed by atoms with Gasteiger partial charge in [0, 0.05) is 44.7 Å². The SMILES string of the molecule is Cc1cc(N(C)C)ccc1NC(=O)N(CCCCO)C1CC1. The molecular formula is C17H27N3O2. The lowest BCUT2D eigenvalue weighted by Crippen LogP contribution is -2.37. The molecule has 0 heterocycles. The lowest BCUT2D eigenvalue weighted by molar-refractivity contribution is 0.204. The molecule has 2 amide bonds. The Hall–Kier alpha value is -1.75. The molecule has 1 aromatic rings. The quantitative estimate of drug-likeness (QED) is 0.762. The molecule has 0 atom stereocenters. The number of aryl methyl sites for hydroxylation is 1. The Kier molecular flexibility index (Phi) is 5.66. The molecule has 1 aromatic carbocycles. The number of nitrogens with one attached hydrogen (secondary N) is 1. The molecule has 1 fully saturated rings. The van der Waals surface area contributed by atoms with Crippen LogP contribution in [0, 0.1) is 6.92 Å². The molecule has 2 N–H and O–H groups in total. The fourth-order valence-electron chi connectivity index (χ4n) is 2.48. The first-order valence-electron chi connectivity index (χ1n) is 7.99. The van der Waals surface area contributed by atoms with Gasteiger partial charge in [0.2, 0.25) is 0 Å². The van der Waals surface area contributed by atoms with Gasteiger partial charge in [0.1, 0.15) is 0 Å². The van der Waals surface area contributed by atoms with Crippen LogP contribution in [0.1, 0.15) is 31.2 Å². The summed E-state index contributed by atoms with van der Waals surface area (Å²) < 4.78 is 0. The number of rotatable bonds is 7. The first-order valence-corrected chi connectivity index (χ1v) is 7.99. The topological polar surface area (TPSA) is 55.8 Å². The highest BCUT2D eigenvalue weighted by atomic mass is 16.3. The number of aliphatic hydroxyl groups is 1. The number of aliphatic hydroxyl groups excluding tert-OH is 1. The van der Waals surface area contributed by atoms with Crippen LogP contribution in [0.2, 0.25) is 0 Å². The molecule has 1 saturated carbocycles. The number of benzene rings is 1. The van der Waals surface area contributed by atoms with Gasteiger partial charge in [0.25, 0.3) is 0 Å². The van der Waals surface area contributed by atoms with Crippen molar-refractivity contribution in [2.75, 3.05) is 37.5 Å². The minimum absolute atomic E-state index is 0.0267. The van der Waals surface area contributed by atoms with Gasteiger partial charge in [-0.3, -0.25) is 0 Å². The van der Waals surface area contributed by atoms with Crippen molar-refractivity contribution < 1.29 is 9.90 Å². The number of carbonyl (C=O) groups excluding carboxylic acids is 1. The monoisotopic (exact) mass is 305 g/mol. The molecule has 5 heteroatoms. The highest BCUT2D eigenvalue weighted by Gasteiger charge is 2.32. The van der Waals surface area contributed by atoms with Crippen molar-refractivity contribution in [2.24, 2.45) is 0 Å². The summed E-state index contributed by atoms with van der Waals surface area (Å²) >= 11 is 0. The first kappa shape index (κ1) is 16.6. The van der Waals surface area contributed by atoms with Crippen molar-refractivity contribution in [2.45, 2.75) is 38.6 Å². The number of urea groups is 1. The lowest BCUT2D eigenvalue weighted by Gasteiger charge is -2.23. The van der Waals surface area contributed by atoms with Crippen LogP contribution in [-0.2, 0) is 0 Å². The third-order valence-electron chi connectivity index (χ3n) is 4.02. The van der Waals surface area contributed by atoms with Crippen molar-refractivity contribution in [1.29, 1.82) is 0 Å². The van der Waals surface area contributed by atoms with Crippen molar-refractivity contribution >= 4 is 17.4 Å². The van der Waals surface area contributed by atoms with Gasteiger partial charge in [-0.25, -0.2) is 4.79 Å². The van der Waals surface area contributed by atoms with Crippen molar-refractivity contribution in [3.8, 4) is 0 Å². The molecule has 0 bridgehead atoms. The van der Waals surface area contributed by atoms with Crippen LogP contribution in [0.15, 0.2) is 18.2 Å². The van der Waals surface area contributed by atoms with Crippen LogP contribution < -0.4 is 10.2 Å². The number of carbonyl (C=O) groups is 1. The fourth-order valence-corrected chi connectivity index (χ4v) is 2.48. The van der Waals surface area contributed by atoms with E-state index in [9.17, 15) is 4.79 Å². The van der Waals surface area contributed by atoms with Crippen molar-refractivity contribution in [3.05, 3.63) is 23.8 Å². The zero-order valence-electron chi connectivity index (χ0n) is 13.8. The van der Waals surface area contributed by atoms with Gasteiger partial charge in [-0.2, -0.15) is 0 Å². The molecule has 5 nitrogen and oxygen atoms in total. The van der Waals surface area contributed by atoms with E-state index < -0.39 is 0 Å². The third kappa shape index (κ3) is 4.37. The van der Waals surface area contributed by atoms with E-state index in [1.165, 1.54) is 0 Å². The molecule has 0 unspecified atom stereocenters. The summed E-state index contributed by atoms with van der Waals surface area (Å²) in [5.74, 6) is 0. The predicted octanol–water partition coefficient (Wildman–Crippen LogP) is 2.83. The number of anilines is 2. The number of hydrogen-bond acceptors (Lipinski definition) is 3. The molecule has 122 valence electrons.